The van der Waals surface area contributed by atoms with Gasteiger partial charge in [0, 0.05) is 25.2 Å². The lowest BCUT2D eigenvalue weighted by atomic mass is 10.0. The van der Waals surface area contributed by atoms with Crippen molar-refractivity contribution in [3.05, 3.63) is 46.3 Å². The number of benzene rings is 1. The summed E-state index contributed by atoms with van der Waals surface area (Å²) in [5.41, 5.74) is 3.98. The monoisotopic (exact) mass is 262 g/mol. The highest BCUT2D eigenvalue weighted by Crippen LogP contribution is 2.11. The van der Waals surface area contributed by atoms with E-state index in [9.17, 15) is 9.18 Å². The summed E-state index contributed by atoms with van der Waals surface area (Å²) < 4.78 is 13.0. The summed E-state index contributed by atoms with van der Waals surface area (Å²) in [6.45, 7) is 5.94. The Labute approximate surface area is 112 Å². The van der Waals surface area contributed by atoms with Crippen LogP contribution in [0.15, 0.2) is 29.3 Å². The molecule has 1 heterocycles. The quantitative estimate of drug-likeness (QED) is 0.811. The molecule has 0 atom stereocenters. The van der Waals surface area contributed by atoms with Crippen LogP contribution in [0.2, 0.25) is 0 Å². The SMILES string of the molecule is CC(C(=O)NCCc1ccc(F)cc1C)=C1CNC1. The molecule has 1 aliphatic rings. The van der Waals surface area contributed by atoms with E-state index in [4.69, 9.17) is 0 Å². The Kier molecular flexibility index (Phi) is 4.32. The van der Waals surface area contributed by atoms with Crippen molar-refractivity contribution in [2.45, 2.75) is 20.3 Å². The van der Waals surface area contributed by atoms with Crippen LogP contribution in [0.3, 0.4) is 0 Å². The fraction of sp³-hybridized carbons (Fsp3) is 0.400. The number of amides is 1. The third kappa shape index (κ3) is 3.41. The molecule has 4 heteroatoms. The fourth-order valence-electron chi connectivity index (χ4n) is 2.06. The minimum absolute atomic E-state index is 0.00346. The molecular weight excluding hydrogens is 243 g/mol. The molecule has 19 heavy (non-hydrogen) atoms. The molecule has 2 N–H and O–H groups in total. The average molecular weight is 262 g/mol. The highest BCUT2D eigenvalue weighted by atomic mass is 19.1. The summed E-state index contributed by atoms with van der Waals surface area (Å²) >= 11 is 0. The number of carbonyl (C=O) groups excluding carboxylic acids is 1. The van der Waals surface area contributed by atoms with Crippen LogP contribution >= 0.6 is 0 Å². The third-order valence-electron chi connectivity index (χ3n) is 3.53. The minimum Gasteiger partial charge on any atom is -0.352 e. The molecule has 0 spiro atoms. The fourth-order valence-corrected chi connectivity index (χ4v) is 2.06. The van der Waals surface area contributed by atoms with Gasteiger partial charge in [-0.15, -0.1) is 0 Å². The first kappa shape index (κ1) is 13.7. The maximum atomic E-state index is 13.0. The normalized spacial score (nSPS) is 13.9. The maximum Gasteiger partial charge on any atom is 0.246 e. The first-order valence-corrected chi connectivity index (χ1v) is 6.50. The number of nitrogens with one attached hydrogen (secondary N) is 2. The molecule has 0 saturated carbocycles. The molecular formula is C15H19FN2O. The Morgan fingerprint density at radius 3 is 2.74 bits per heavy atom. The van der Waals surface area contributed by atoms with E-state index in [0.29, 0.717) is 6.54 Å². The Hall–Kier alpha value is -1.68. The van der Waals surface area contributed by atoms with Gasteiger partial charge in [0.1, 0.15) is 5.82 Å². The largest absolute Gasteiger partial charge is 0.352 e. The first-order valence-electron chi connectivity index (χ1n) is 6.50. The van der Waals surface area contributed by atoms with E-state index in [1.54, 1.807) is 6.07 Å². The van der Waals surface area contributed by atoms with Gasteiger partial charge in [0.2, 0.25) is 5.91 Å². The summed E-state index contributed by atoms with van der Waals surface area (Å²) in [5, 5.41) is 6.02. The van der Waals surface area contributed by atoms with Gasteiger partial charge >= 0.3 is 0 Å². The van der Waals surface area contributed by atoms with Crippen molar-refractivity contribution in [2.24, 2.45) is 0 Å². The summed E-state index contributed by atoms with van der Waals surface area (Å²) in [5.74, 6) is -0.223. The van der Waals surface area contributed by atoms with E-state index in [0.717, 1.165) is 36.2 Å². The van der Waals surface area contributed by atoms with Gasteiger partial charge in [-0.05, 0) is 49.1 Å². The number of halogens is 1. The summed E-state index contributed by atoms with van der Waals surface area (Å²) in [6.07, 6.45) is 0.721. The van der Waals surface area contributed by atoms with Crippen LogP contribution in [0.1, 0.15) is 18.1 Å². The lowest BCUT2D eigenvalue weighted by molar-refractivity contribution is -0.117. The van der Waals surface area contributed by atoms with Crippen molar-refractivity contribution < 1.29 is 9.18 Å². The third-order valence-corrected chi connectivity index (χ3v) is 3.53. The Morgan fingerprint density at radius 2 is 2.16 bits per heavy atom. The molecule has 0 aromatic heterocycles. The molecule has 0 aliphatic carbocycles. The van der Waals surface area contributed by atoms with Crippen LogP contribution in [0.5, 0.6) is 0 Å². The smallest absolute Gasteiger partial charge is 0.246 e. The topological polar surface area (TPSA) is 41.1 Å². The highest BCUT2D eigenvalue weighted by molar-refractivity contribution is 5.93. The summed E-state index contributed by atoms with van der Waals surface area (Å²) in [4.78, 5) is 11.8. The molecule has 1 fully saturated rings. The maximum absolute atomic E-state index is 13.0. The van der Waals surface area contributed by atoms with Crippen molar-refractivity contribution in [1.82, 2.24) is 10.6 Å². The molecule has 0 radical (unpaired) electrons. The Bertz CT molecular complexity index is 517. The van der Waals surface area contributed by atoms with Crippen molar-refractivity contribution in [1.29, 1.82) is 0 Å². The lowest BCUT2D eigenvalue weighted by Crippen LogP contribution is -2.38. The zero-order valence-corrected chi connectivity index (χ0v) is 11.3. The van der Waals surface area contributed by atoms with Crippen LogP contribution in [0.25, 0.3) is 0 Å². The second-order valence-corrected chi connectivity index (χ2v) is 4.91. The second kappa shape index (κ2) is 5.97. The predicted molar refractivity (Wildman–Crippen MR) is 73.4 cm³/mol. The van der Waals surface area contributed by atoms with E-state index in [1.807, 2.05) is 13.8 Å². The summed E-state index contributed by atoms with van der Waals surface area (Å²) in [6, 6.07) is 4.75. The Balaban J connectivity index is 1.85. The van der Waals surface area contributed by atoms with Gasteiger partial charge in [0.25, 0.3) is 0 Å². The molecule has 102 valence electrons. The number of aryl methyl sites for hydroxylation is 1. The standard InChI is InChI=1S/C15H19FN2O/c1-10-7-14(16)4-3-12(10)5-6-18-15(19)11(2)13-8-17-9-13/h3-4,7,17H,5-6,8-9H2,1-2H3,(H,18,19). The molecule has 1 aromatic rings. The first-order chi connectivity index (χ1) is 9.08. The van der Waals surface area contributed by atoms with Crippen molar-refractivity contribution in [3.63, 3.8) is 0 Å². The van der Waals surface area contributed by atoms with Crippen molar-refractivity contribution >= 4 is 5.91 Å². The van der Waals surface area contributed by atoms with Crippen LogP contribution < -0.4 is 10.6 Å². The molecule has 1 aliphatic heterocycles. The highest BCUT2D eigenvalue weighted by Gasteiger charge is 2.15. The van der Waals surface area contributed by atoms with E-state index < -0.39 is 0 Å². The van der Waals surface area contributed by atoms with Gasteiger partial charge < -0.3 is 10.6 Å². The molecule has 1 amide bonds. The second-order valence-electron chi connectivity index (χ2n) is 4.91. The van der Waals surface area contributed by atoms with Gasteiger partial charge in [0.15, 0.2) is 0 Å². The summed E-state index contributed by atoms with van der Waals surface area (Å²) in [7, 11) is 0. The van der Waals surface area contributed by atoms with E-state index in [2.05, 4.69) is 10.6 Å². The molecule has 0 unspecified atom stereocenters. The van der Waals surface area contributed by atoms with E-state index >= 15 is 0 Å². The zero-order chi connectivity index (χ0) is 13.8. The van der Waals surface area contributed by atoms with Crippen molar-refractivity contribution in [3.8, 4) is 0 Å². The van der Waals surface area contributed by atoms with Crippen LogP contribution in [-0.2, 0) is 11.2 Å². The van der Waals surface area contributed by atoms with Gasteiger partial charge in [-0.1, -0.05) is 6.07 Å². The van der Waals surface area contributed by atoms with Crippen LogP contribution in [0, 0.1) is 12.7 Å². The molecule has 3 nitrogen and oxygen atoms in total. The van der Waals surface area contributed by atoms with Gasteiger partial charge in [0.05, 0.1) is 0 Å². The predicted octanol–water partition coefficient (Wildman–Crippen LogP) is 1.71. The number of hydrogen-bond acceptors (Lipinski definition) is 2. The average Bonchev–Trinajstić information content (AvgIpc) is 2.29. The number of carbonyl (C=O) groups is 1. The van der Waals surface area contributed by atoms with Gasteiger partial charge in [-0.3, -0.25) is 4.79 Å². The molecule has 2 rings (SSSR count). The molecule has 1 aromatic carbocycles. The van der Waals surface area contributed by atoms with Crippen LogP contribution in [-0.4, -0.2) is 25.5 Å². The molecule has 1 saturated heterocycles. The number of hydrogen-bond donors (Lipinski definition) is 2. The lowest BCUT2D eigenvalue weighted by Gasteiger charge is -2.21. The zero-order valence-electron chi connectivity index (χ0n) is 11.3. The Morgan fingerprint density at radius 1 is 1.42 bits per heavy atom. The van der Waals surface area contributed by atoms with Gasteiger partial charge in [-0.25, -0.2) is 4.39 Å². The molecule has 0 bridgehead atoms. The number of rotatable bonds is 4. The van der Waals surface area contributed by atoms with Crippen molar-refractivity contribution in [2.75, 3.05) is 19.6 Å². The minimum atomic E-state index is -0.219. The van der Waals surface area contributed by atoms with Gasteiger partial charge in [-0.2, -0.15) is 0 Å². The van der Waals surface area contributed by atoms with E-state index in [1.165, 1.54) is 17.7 Å². The van der Waals surface area contributed by atoms with Crippen LogP contribution in [0.4, 0.5) is 4.39 Å². The van der Waals surface area contributed by atoms with E-state index in [-0.39, 0.29) is 11.7 Å².